The number of rotatable bonds is 4. The minimum absolute atomic E-state index is 0.0263. The van der Waals surface area contributed by atoms with Crippen LogP contribution in [-0.2, 0) is 0 Å². The van der Waals surface area contributed by atoms with Gasteiger partial charge in [0.25, 0.3) is 5.69 Å². The standard InChI is InChI=1S/C9H12ClN3O4/c1-2-9(14,15)12-7-4-8(13(16)17)6(11)3-5(7)10/h3-4,12,14-15H,2,11H2,1H3. The number of benzene rings is 1. The van der Waals surface area contributed by atoms with Crippen molar-refractivity contribution < 1.29 is 15.1 Å². The van der Waals surface area contributed by atoms with Crippen molar-refractivity contribution in [3.63, 3.8) is 0 Å². The summed E-state index contributed by atoms with van der Waals surface area (Å²) in [5.74, 6) is -2.19. The summed E-state index contributed by atoms with van der Waals surface area (Å²) in [4.78, 5) is 9.97. The molecule has 0 fully saturated rings. The molecule has 0 saturated heterocycles. The second-order valence-corrected chi connectivity index (χ2v) is 3.85. The van der Waals surface area contributed by atoms with Crippen LogP contribution in [0.15, 0.2) is 12.1 Å². The molecule has 1 aromatic carbocycles. The van der Waals surface area contributed by atoms with E-state index in [4.69, 9.17) is 17.3 Å². The van der Waals surface area contributed by atoms with Crippen molar-refractivity contribution in [1.29, 1.82) is 0 Å². The fourth-order valence-corrected chi connectivity index (χ4v) is 1.35. The van der Waals surface area contributed by atoms with Crippen molar-refractivity contribution in [3.05, 3.63) is 27.3 Å². The Morgan fingerprint density at radius 1 is 1.59 bits per heavy atom. The van der Waals surface area contributed by atoms with E-state index in [1.165, 1.54) is 13.0 Å². The van der Waals surface area contributed by atoms with E-state index in [1.54, 1.807) is 0 Å². The molecule has 94 valence electrons. The molecule has 0 heterocycles. The second-order valence-electron chi connectivity index (χ2n) is 3.44. The predicted molar refractivity (Wildman–Crippen MR) is 63.6 cm³/mol. The summed E-state index contributed by atoms with van der Waals surface area (Å²) in [6.45, 7) is 1.52. The van der Waals surface area contributed by atoms with Gasteiger partial charge in [-0.2, -0.15) is 0 Å². The molecule has 0 atom stereocenters. The van der Waals surface area contributed by atoms with Crippen LogP contribution in [0.2, 0.25) is 5.02 Å². The fourth-order valence-electron chi connectivity index (χ4n) is 1.14. The summed E-state index contributed by atoms with van der Waals surface area (Å²) in [6, 6.07) is 2.22. The van der Waals surface area contributed by atoms with E-state index in [-0.39, 0.29) is 28.5 Å². The molecule has 17 heavy (non-hydrogen) atoms. The molecule has 0 aliphatic heterocycles. The van der Waals surface area contributed by atoms with Crippen LogP contribution in [0, 0.1) is 10.1 Å². The average Bonchev–Trinajstić information content (AvgIpc) is 2.21. The Morgan fingerprint density at radius 2 is 2.18 bits per heavy atom. The number of anilines is 2. The van der Waals surface area contributed by atoms with Crippen molar-refractivity contribution in [1.82, 2.24) is 0 Å². The van der Waals surface area contributed by atoms with Crippen LogP contribution in [0.5, 0.6) is 0 Å². The third-order valence-corrected chi connectivity index (χ3v) is 2.45. The van der Waals surface area contributed by atoms with Crippen molar-refractivity contribution in [2.45, 2.75) is 19.3 Å². The smallest absolute Gasteiger partial charge is 0.294 e. The van der Waals surface area contributed by atoms with Gasteiger partial charge in [0.2, 0.25) is 5.91 Å². The molecule has 0 aliphatic carbocycles. The summed E-state index contributed by atoms with van der Waals surface area (Å²) in [5.41, 5.74) is 4.98. The molecule has 1 aromatic rings. The van der Waals surface area contributed by atoms with E-state index < -0.39 is 10.8 Å². The first-order valence-electron chi connectivity index (χ1n) is 4.73. The number of nitro benzene ring substituents is 1. The number of halogens is 1. The van der Waals surface area contributed by atoms with Gasteiger partial charge in [0, 0.05) is 12.5 Å². The fraction of sp³-hybridized carbons (Fsp3) is 0.333. The Kier molecular flexibility index (Phi) is 3.76. The van der Waals surface area contributed by atoms with Gasteiger partial charge in [-0.3, -0.25) is 10.1 Å². The number of nitrogens with two attached hydrogens (primary N) is 1. The van der Waals surface area contributed by atoms with Crippen LogP contribution in [0.1, 0.15) is 13.3 Å². The lowest BCUT2D eigenvalue weighted by molar-refractivity contribution is -0.383. The van der Waals surface area contributed by atoms with E-state index in [9.17, 15) is 20.3 Å². The highest BCUT2D eigenvalue weighted by atomic mass is 35.5. The molecule has 5 N–H and O–H groups in total. The van der Waals surface area contributed by atoms with Gasteiger partial charge in [-0.25, -0.2) is 0 Å². The van der Waals surface area contributed by atoms with Gasteiger partial charge in [0.15, 0.2) is 0 Å². The monoisotopic (exact) mass is 261 g/mol. The Bertz CT molecular complexity index is 450. The van der Waals surface area contributed by atoms with Gasteiger partial charge in [-0.15, -0.1) is 0 Å². The van der Waals surface area contributed by atoms with E-state index in [1.807, 2.05) is 0 Å². The molecule has 0 bridgehead atoms. The number of nitrogens with one attached hydrogen (secondary N) is 1. The maximum Gasteiger partial charge on any atom is 0.294 e. The first-order chi connectivity index (χ1) is 7.76. The summed E-state index contributed by atoms with van der Waals surface area (Å²) in [7, 11) is 0. The van der Waals surface area contributed by atoms with Crippen LogP contribution in [0.25, 0.3) is 0 Å². The molecule has 0 saturated carbocycles. The summed E-state index contributed by atoms with van der Waals surface area (Å²) in [5, 5.41) is 31.8. The maximum atomic E-state index is 10.7. The number of aliphatic hydroxyl groups is 2. The Labute approximate surface area is 102 Å². The van der Waals surface area contributed by atoms with Crippen molar-refractivity contribution in [2.24, 2.45) is 0 Å². The zero-order chi connectivity index (χ0) is 13.2. The number of nitrogen functional groups attached to an aromatic ring is 1. The maximum absolute atomic E-state index is 10.7. The molecular weight excluding hydrogens is 250 g/mol. The highest BCUT2D eigenvalue weighted by Gasteiger charge is 2.23. The molecule has 0 aliphatic rings. The Balaban J connectivity index is 3.17. The van der Waals surface area contributed by atoms with Crippen LogP contribution in [0.3, 0.4) is 0 Å². The molecule has 1 rings (SSSR count). The Hall–Kier alpha value is -1.57. The topological polar surface area (TPSA) is 122 Å². The zero-order valence-electron chi connectivity index (χ0n) is 8.98. The highest BCUT2D eigenvalue weighted by Crippen LogP contribution is 2.33. The van der Waals surface area contributed by atoms with E-state index in [0.29, 0.717) is 0 Å². The number of hydrogen-bond acceptors (Lipinski definition) is 6. The van der Waals surface area contributed by atoms with Crippen molar-refractivity contribution >= 4 is 28.7 Å². The van der Waals surface area contributed by atoms with Gasteiger partial charge in [-0.1, -0.05) is 18.5 Å². The van der Waals surface area contributed by atoms with Gasteiger partial charge in [0.05, 0.1) is 15.6 Å². The number of hydrogen-bond donors (Lipinski definition) is 4. The van der Waals surface area contributed by atoms with Crippen LogP contribution < -0.4 is 11.1 Å². The Morgan fingerprint density at radius 3 is 2.65 bits per heavy atom. The normalized spacial score (nSPS) is 11.3. The zero-order valence-corrected chi connectivity index (χ0v) is 9.73. The minimum Gasteiger partial charge on any atom is -0.393 e. The quantitative estimate of drug-likeness (QED) is 0.280. The largest absolute Gasteiger partial charge is 0.393 e. The molecule has 8 heteroatoms. The lowest BCUT2D eigenvalue weighted by Gasteiger charge is -2.23. The van der Waals surface area contributed by atoms with Gasteiger partial charge < -0.3 is 21.3 Å². The third-order valence-electron chi connectivity index (χ3n) is 2.14. The summed E-state index contributed by atoms with van der Waals surface area (Å²) >= 11 is 5.78. The summed E-state index contributed by atoms with van der Waals surface area (Å²) < 4.78 is 0. The van der Waals surface area contributed by atoms with Gasteiger partial charge >= 0.3 is 0 Å². The lowest BCUT2D eigenvalue weighted by Crippen LogP contribution is -2.36. The van der Waals surface area contributed by atoms with E-state index in [0.717, 1.165) is 6.07 Å². The SMILES string of the molecule is CCC(O)(O)Nc1cc([N+](=O)[O-])c(N)cc1Cl. The molecule has 0 amide bonds. The lowest BCUT2D eigenvalue weighted by atomic mass is 10.2. The molecule has 0 spiro atoms. The molecule has 0 unspecified atom stereocenters. The second kappa shape index (κ2) is 4.74. The summed E-state index contributed by atoms with van der Waals surface area (Å²) in [6.07, 6.45) is -0.0263. The predicted octanol–water partition coefficient (Wildman–Crippen LogP) is 1.29. The van der Waals surface area contributed by atoms with Gasteiger partial charge in [-0.05, 0) is 6.07 Å². The average molecular weight is 262 g/mol. The number of nitro groups is 1. The molecular formula is C9H12ClN3O4. The minimum atomic E-state index is -2.19. The van der Waals surface area contributed by atoms with Crippen LogP contribution in [-0.4, -0.2) is 21.0 Å². The van der Waals surface area contributed by atoms with Crippen LogP contribution >= 0.6 is 11.6 Å². The number of nitrogens with zero attached hydrogens (tertiary/aromatic N) is 1. The first kappa shape index (κ1) is 13.5. The van der Waals surface area contributed by atoms with Crippen molar-refractivity contribution in [2.75, 3.05) is 11.1 Å². The molecule has 7 nitrogen and oxygen atoms in total. The van der Waals surface area contributed by atoms with Crippen LogP contribution in [0.4, 0.5) is 17.1 Å². The van der Waals surface area contributed by atoms with Gasteiger partial charge in [0.1, 0.15) is 5.69 Å². The first-order valence-corrected chi connectivity index (χ1v) is 5.11. The van der Waals surface area contributed by atoms with Crippen molar-refractivity contribution in [3.8, 4) is 0 Å². The molecule has 0 aromatic heterocycles. The van der Waals surface area contributed by atoms with E-state index in [2.05, 4.69) is 5.32 Å². The van der Waals surface area contributed by atoms with E-state index >= 15 is 0 Å². The third kappa shape index (κ3) is 3.19. The highest BCUT2D eigenvalue weighted by molar-refractivity contribution is 6.33. The molecule has 0 radical (unpaired) electrons.